The van der Waals surface area contributed by atoms with E-state index in [1.807, 2.05) is 24.3 Å². The van der Waals surface area contributed by atoms with Crippen molar-refractivity contribution in [3.8, 4) is 5.75 Å². The second-order valence-corrected chi connectivity index (χ2v) is 3.33. The van der Waals surface area contributed by atoms with Gasteiger partial charge < -0.3 is 9.84 Å². The SMILES string of the molecule is COc1ccc(C=CCO)c(Br)c1. The molecule has 0 spiro atoms. The van der Waals surface area contributed by atoms with Gasteiger partial charge in [0.1, 0.15) is 5.75 Å². The number of hydrogen-bond donors (Lipinski definition) is 1. The lowest BCUT2D eigenvalue weighted by atomic mass is 10.2. The molecule has 0 bridgehead atoms. The monoisotopic (exact) mass is 242 g/mol. The van der Waals surface area contributed by atoms with Crippen LogP contribution in [0.5, 0.6) is 5.75 Å². The normalized spacial score (nSPS) is 10.7. The van der Waals surface area contributed by atoms with Crippen molar-refractivity contribution in [3.05, 3.63) is 34.3 Å². The van der Waals surface area contributed by atoms with Crippen molar-refractivity contribution < 1.29 is 9.84 Å². The zero-order valence-electron chi connectivity index (χ0n) is 7.33. The summed E-state index contributed by atoms with van der Waals surface area (Å²) in [5.74, 6) is 0.813. The summed E-state index contributed by atoms with van der Waals surface area (Å²) >= 11 is 3.41. The molecule has 0 atom stereocenters. The predicted octanol–water partition coefficient (Wildman–Crippen LogP) is 2.46. The van der Waals surface area contributed by atoms with Gasteiger partial charge in [0.05, 0.1) is 13.7 Å². The summed E-state index contributed by atoms with van der Waals surface area (Å²) < 4.78 is 6.01. The van der Waals surface area contributed by atoms with Gasteiger partial charge in [-0.2, -0.15) is 0 Å². The third-order valence-electron chi connectivity index (χ3n) is 1.61. The average Bonchev–Trinajstić information content (AvgIpc) is 2.16. The van der Waals surface area contributed by atoms with Gasteiger partial charge in [-0.05, 0) is 17.7 Å². The first-order valence-electron chi connectivity index (χ1n) is 3.89. The molecule has 2 nitrogen and oxygen atoms in total. The fourth-order valence-electron chi connectivity index (χ4n) is 0.950. The maximum Gasteiger partial charge on any atom is 0.120 e. The molecule has 3 heteroatoms. The van der Waals surface area contributed by atoms with E-state index in [1.54, 1.807) is 13.2 Å². The number of hydrogen-bond acceptors (Lipinski definition) is 2. The highest BCUT2D eigenvalue weighted by Gasteiger charge is 1.97. The lowest BCUT2D eigenvalue weighted by Crippen LogP contribution is -1.83. The Kier molecular flexibility index (Phi) is 3.99. The van der Waals surface area contributed by atoms with Crippen LogP contribution in [0.4, 0.5) is 0 Å². The van der Waals surface area contributed by atoms with Crippen LogP contribution in [-0.4, -0.2) is 18.8 Å². The number of aliphatic hydroxyl groups excluding tert-OH is 1. The second-order valence-electron chi connectivity index (χ2n) is 2.47. The zero-order chi connectivity index (χ0) is 9.68. The van der Waals surface area contributed by atoms with Crippen LogP contribution in [0.25, 0.3) is 6.08 Å². The topological polar surface area (TPSA) is 29.5 Å². The molecule has 0 radical (unpaired) electrons. The molecule has 1 rings (SSSR count). The van der Waals surface area contributed by atoms with Crippen molar-refractivity contribution in [1.29, 1.82) is 0 Å². The van der Waals surface area contributed by atoms with Gasteiger partial charge in [-0.25, -0.2) is 0 Å². The van der Waals surface area contributed by atoms with Gasteiger partial charge >= 0.3 is 0 Å². The molecule has 70 valence electrons. The molecule has 0 amide bonds. The van der Waals surface area contributed by atoms with E-state index in [0.29, 0.717) is 0 Å². The molecule has 0 aliphatic heterocycles. The van der Waals surface area contributed by atoms with E-state index < -0.39 is 0 Å². The van der Waals surface area contributed by atoms with E-state index in [4.69, 9.17) is 9.84 Å². The van der Waals surface area contributed by atoms with Crippen molar-refractivity contribution in [1.82, 2.24) is 0 Å². The van der Waals surface area contributed by atoms with E-state index in [9.17, 15) is 0 Å². The summed E-state index contributed by atoms with van der Waals surface area (Å²) in [6.45, 7) is 0.0540. The Balaban J connectivity index is 2.91. The van der Waals surface area contributed by atoms with Crippen LogP contribution in [0.15, 0.2) is 28.7 Å². The standard InChI is InChI=1S/C10H11BrO2/c1-13-9-5-4-8(3-2-6-12)10(11)7-9/h2-5,7,12H,6H2,1H3. The van der Waals surface area contributed by atoms with Gasteiger partial charge in [-0.1, -0.05) is 34.1 Å². The van der Waals surface area contributed by atoms with Crippen LogP contribution >= 0.6 is 15.9 Å². The minimum atomic E-state index is 0.0540. The average molecular weight is 243 g/mol. The fraction of sp³-hybridized carbons (Fsp3) is 0.200. The molecule has 0 unspecified atom stereocenters. The second kappa shape index (κ2) is 5.04. The fourth-order valence-corrected chi connectivity index (χ4v) is 1.44. The number of ether oxygens (including phenoxy) is 1. The van der Waals surface area contributed by atoms with Crippen LogP contribution in [0.1, 0.15) is 5.56 Å². The van der Waals surface area contributed by atoms with Crippen molar-refractivity contribution in [3.63, 3.8) is 0 Å². The summed E-state index contributed by atoms with van der Waals surface area (Å²) in [5, 5.41) is 8.59. The van der Waals surface area contributed by atoms with E-state index in [1.165, 1.54) is 0 Å². The van der Waals surface area contributed by atoms with Gasteiger partial charge in [0.15, 0.2) is 0 Å². The summed E-state index contributed by atoms with van der Waals surface area (Å²) in [6, 6.07) is 5.69. The molecule has 0 heterocycles. The molecule has 1 N–H and O–H groups in total. The van der Waals surface area contributed by atoms with Gasteiger partial charge in [-0.15, -0.1) is 0 Å². The molecule has 0 saturated carbocycles. The van der Waals surface area contributed by atoms with Crippen LogP contribution in [0.2, 0.25) is 0 Å². The molecule has 1 aromatic rings. The molecular weight excluding hydrogens is 232 g/mol. The molecule has 0 aromatic heterocycles. The van der Waals surface area contributed by atoms with Gasteiger partial charge in [0, 0.05) is 4.47 Å². The highest BCUT2D eigenvalue weighted by molar-refractivity contribution is 9.10. The Morgan fingerprint density at radius 1 is 1.54 bits per heavy atom. The van der Waals surface area contributed by atoms with E-state index in [-0.39, 0.29) is 6.61 Å². The van der Waals surface area contributed by atoms with Gasteiger partial charge in [0.2, 0.25) is 0 Å². The summed E-state index contributed by atoms with van der Waals surface area (Å²) in [4.78, 5) is 0. The van der Waals surface area contributed by atoms with E-state index in [2.05, 4.69) is 15.9 Å². The third kappa shape index (κ3) is 2.86. The molecule has 0 aliphatic carbocycles. The van der Waals surface area contributed by atoms with Crippen LogP contribution in [0.3, 0.4) is 0 Å². The molecule has 13 heavy (non-hydrogen) atoms. The first kappa shape index (κ1) is 10.3. The minimum absolute atomic E-state index is 0.0540. The minimum Gasteiger partial charge on any atom is -0.497 e. The Morgan fingerprint density at radius 3 is 2.85 bits per heavy atom. The van der Waals surface area contributed by atoms with E-state index in [0.717, 1.165) is 15.8 Å². The van der Waals surface area contributed by atoms with Gasteiger partial charge in [-0.3, -0.25) is 0 Å². The Hall–Kier alpha value is -0.800. The molecule has 0 fully saturated rings. The first-order valence-corrected chi connectivity index (χ1v) is 4.68. The summed E-state index contributed by atoms with van der Waals surface area (Å²) in [6.07, 6.45) is 3.54. The van der Waals surface area contributed by atoms with Gasteiger partial charge in [0.25, 0.3) is 0 Å². The smallest absolute Gasteiger partial charge is 0.120 e. The highest BCUT2D eigenvalue weighted by Crippen LogP contribution is 2.23. The van der Waals surface area contributed by atoms with Crippen LogP contribution in [0, 0.1) is 0 Å². The molecule has 0 saturated heterocycles. The quantitative estimate of drug-likeness (QED) is 0.883. The first-order chi connectivity index (χ1) is 6.27. The molecule has 0 aliphatic rings. The largest absolute Gasteiger partial charge is 0.497 e. The molecule has 1 aromatic carbocycles. The van der Waals surface area contributed by atoms with Crippen LogP contribution < -0.4 is 4.74 Å². The zero-order valence-corrected chi connectivity index (χ0v) is 8.91. The third-order valence-corrected chi connectivity index (χ3v) is 2.30. The predicted molar refractivity (Wildman–Crippen MR) is 56.8 cm³/mol. The maximum absolute atomic E-state index is 8.59. The number of aliphatic hydroxyl groups is 1. The lowest BCUT2D eigenvalue weighted by Gasteiger charge is -2.02. The van der Waals surface area contributed by atoms with E-state index >= 15 is 0 Å². The Bertz CT molecular complexity index is 308. The van der Waals surface area contributed by atoms with Crippen molar-refractivity contribution in [2.75, 3.05) is 13.7 Å². The highest BCUT2D eigenvalue weighted by atomic mass is 79.9. The van der Waals surface area contributed by atoms with Crippen molar-refractivity contribution in [2.24, 2.45) is 0 Å². The number of benzene rings is 1. The maximum atomic E-state index is 8.59. The number of rotatable bonds is 3. The summed E-state index contributed by atoms with van der Waals surface area (Å²) in [7, 11) is 1.63. The lowest BCUT2D eigenvalue weighted by molar-refractivity contribution is 0.343. The van der Waals surface area contributed by atoms with Crippen LogP contribution in [-0.2, 0) is 0 Å². The number of methoxy groups -OCH3 is 1. The summed E-state index contributed by atoms with van der Waals surface area (Å²) in [5.41, 5.74) is 1.02. The Labute approximate surface area is 86.0 Å². The van der Waals surface area contributed by atoms with Crippen molar-refractivity contribution >= 4 is 22.0 Å². The molecular formula is C10H11BrO2. The number of halogens is 1. The van der Waals surface area contributed by atoms with Crippen molar-refractivity contribution in [2.45, 2.75) is 0 Å². The Morgan fingerprint density at radius 2 is 2.31 bits per heavy atom.